The van der Waals surface area contributed by atoms with Crippen LogP contribution in [0.3, 0.4) is 0 Å². The Kier molecular flexibility index (Phi) is 4.87. The van der Waals surface area contributed by atoms with Crippen molar-refractivity contribution < 1.29 is 0 Å². The van der Waals surface area contributed by atoms with E-state index in [0.717, 1.165) is 12.4 Å². The van der Waals surface area contributed by atoms with E-state index in [-0.39, 0.29) is 0 Å². The summed E-state index contributed by atoms with van der Waals surface area (Å²) < 4.78 is 0. The maximum atomic E-state index is 2.47. The molecule has 3 heteroatoms. The Hall–Kier alpha value is -2.23. The summed E-state index contributed by atoms with van der Waals surface area (Å²) in [5.74, 6) is 1.04. The Labute approximate surface area is 172 Å². The molecule has 0 radical (unpaired) electrons. The minimum Gasteiger partial charge on any atom is -0.357 e. The van der Waals surface area contributed by atoms with Crippen LogP contribution in [0.5, 0.6) is 0 Å². The number of fused-ring (bicyclic) bond motifs is 1. The topological polar surface area (TPSA) is 6.48 Å². The van der Waals surface area contributed by atoms with Crippen LogP contribution in [0.15, 0.2) is 77.7 Å². The number of benzene rings is 3. The van der Waals surface area contributed by atoms with Gasteiger partial charge in [-0.3, -0.25) is 4.90 Å². The fraction of sp³-hybridized carbons (Fsp3) is 0.280. The van der Waals surface area contributed by atoms with Gasteiger partial charge in [0.1, 0.15) is 0 Å². The minimum atomic E-state index is 0.595. The van der Waals surface area contributed by atoms with Crippen molar-refractivity contribution in [3.8, 4) is 11.1 Å². The van der Waals surface area contributed by atoms with E-state index in [4.69, 9.17) is 0 Å². The van der Waals surface area contributed by atoms with Crippen molar-refractivity contribution in [2.75, 3.05) is 24.4 Å². The van der Waals surface area contributed by atoms with Gasteiger partial charge in [0.25, 0.3) is 0 Å². The first-order chi connectivity index (χ1) is 13.8. The first-order valence-electron chi connectivity index (χ1n) is 10.1. The lowest BCUT2D eigenvalue weighted by Gasteiger charge is -2.20. The van der Waals surface area contributed by atoms with Gasteiger partial charge in [0.05, 0.1) is 11.6 Å². The monoisotopic (exact) mass is 386 g/mol. The highest BCUT2D eigenvalue weighted by molar-refractivity contribution is 7.99. The Bertz CT molecular complexity index is 949. The second-order valence-electron chi connectivity index (χ2n) is 7.90. The summed E-state index contributed by atoms with van der Waals surface area (Å²) in [4.78, 5) is 6.33. The molecule has 1 fully saturated rings. The predicted octanol–water partition coefficient (Wildman–Crippen LogP) is 6.19. The number of anilines is 1. The molecule has 142 valence electrons. The van der Waals surface area contributed by atoms with Crippen LogP contribution in [-0.4, -0.2) is 24.4 Å². The molecular formula is C25H26N2S. The molecule has 2 aliphatic rings. The molecule has 0 saturated carbocycles. The van der Waals surface area contributed by atoms with Gasteiger partial charge in [-0.05, 0) is 60.8 Å². The lowest BCUT2D eigenvalue weighted by Crippen LogP contribution is -2.18. The molecule has 28 heavy (non-hydrogen) atoms. The van der Waals surface area contributed by atoms with E-state index in [1.54, 1.807) is 0 Å². The van der Waals surface area contributed by atoms with Crippen molar-refractivity contribution in [3.63, 3.8) is 0 Å². The number of nitrogens with zero attached hydrogens (tertiary/aromatic N) is 2. The fourth-order valence-electron chi connectivity index (χ4n) is 4.44. The molecule has 1 unspecified atom stereocenters. The van der Waals surface area contributed by atoms with E-state index < -0.39 is 0 Å². The third-order valence-corrected chi connectivity index (χ3v) is 7.16. The molecule has 0 aliphatic carbocycles. The molecule has 5 rings (SSSR count). The maximum absolute atomic E-state index is 2.47. The van der Waals surface area contributed by atoms with Crippen molar-refractivity contribution >= 4 is 17.4 Å². The van der Waals surface area contributed by atoms with Gasteiger partial charge >= 0.3 is 0 Å². The molecule has 3 aromatic rings. The van der Waals surface area contributed by atoms with Crippen molar-refractivity contribution in [2.24, 2.45) is 0 Å². The zero-order valence-corrected chi connectivity index (χ0v) is 17.2. The van der Waals surface area contributed by atoms with Crippen molar-refractivity contribution in [3.05, 3.63) is 83.9 Å². The smallest absolute Gasteiger partial charge is 0.0690 e. The number of likely N-dealkylation sites (tertiary alicyclic amines) is 1. The summed E-state index contributed by atoms with van der Waals surface area (Å²) in [6.07, 6.45) is 2.59. The van der Waals surface area contributed by atoms with Gasteiger partial charge in [-0.15, -0.1) is 11.8 Å². The Morgan fingerprint density at radius 1 is 0.893 bits per heavy atom. The largest absolute Gasteiger partial charge is 0.357 e. The van der Waals surface area contributed by atoms with Crippen molar-refractivity contribution in [2.45, 2.75) is 30.3 Å². The van der Waals surface area contributed by atoms with Gasteiger partial charge in [0, 0.05) is 17.5 Å². The highest BCUT2D eigenvalue weighted by Gasteiger charge is 2.22. The van der Waals surface area contributed by atoms with Crippen LogP contribution in [0.1, 0.15) is 30.0 Å². The number of thioether (sulfide) groups is 1. The third-order valence-electron chi connectivity index (χ3n) is 6.06. The van der Waals surface area contributed by atoms with Crippen LogP contribution in [0, 0.1) is 0 Å². The molecule has 0 aromatic heterocycles. The summed E-state index contributed by atoms with van der Waals surface area (Å²) in [6, 6.07) is 27.6. The van der Waals surface area contributed by atoms with Gasteiger partial charge < -0.3 is 4.90 Å². The molecule has 3 aromatic carbocycles. The van der Waals surface area contributed by atoms with E-state index in [1.807, 2.05) is 11.8 Å². The van der Waals surface area contributed by atoms with Crippen molar-refractivity contribution in [1.82, 2.24) is 4.90 Å². The van der Waals surface area contributed by atoms with Crippen LogP contribution in [0.4, 0.5) is 5.69 Å². The standard InChI is InChI=1S/C25H26N2S/c1-26-16-4-6-23(26)22-14-12-21(13-15-22)20-10-8-19(9-11-20)17-27-18-28-25-7-3-2-5-24(25)27/h2-3,5,7-15,23H,4,6,16-18H2,1H3. The zero-order valence-electron chi connectivity index (χ0n) is 16.3. The summed E-state index contributed by atoms with van der Waals surface area (Å²) in [6.45, 7) is 2.19. The molecule has 0 bridgehead atoms. The summed E-state index contributed by atoms with van der Waals surface area (Å²) >= 11 is 1.93. The number of para-hydroxylation sites is 1. The van der Waals surface area contributed by atoms with Gasteiger partial charge in [-0.1, -0.05) is 60.7 Å². The Balaban J connectivity index is 1.29. The highest BCUT2D eigenvalue weighted by atomic mass is 32.2. The van der Waals surface area contributed by atoms with E-state index >= 15 is 0 Å². The van der Waals surface area contributed by atoms with Crippen LogP contribution < -0.4 is 4.90 Å². The summed E-state index contributed by atoms with van der Waals surface area (Å²) in [7, 11) is 2.24. The van der Waals surface area contributed by atoms with Gasteiger partial charge in [-0.2, -0.15) is 0 Å². The summed E-state index contributed by atoms with van der Waals surface area (Å²) in [5, 5.41) is 0. The van der Waals surface area contributed by atoms with E-state index in [9.17, 15) is 0 Å². The van der Waals surface area contributed by atoms with Crippen LogP contribution in [0.25, 0.3) is 11.1 Å². The molecule has 0 amide bonds. The van der Waals surface area contributed by atoms with E-state index in [2.05, 4.69) is 89.6 Å². The minimum absolute atomic E-state index is 0.595. The second-order valence-corrected chi connectivity index (χ2v) is 8.88. The molecule has 2 aliphatic heterocycles. The quantitative estimate of drug-likeness (QED) is 0.528. The van der Waals surface area contributed by atoms with Crippen LogP contribution in [0.2, 0.25) is 0 Å². The van der Waals surface area contributed by atoms with E-state index in [0.29, 0.717) is 6.04 Å². The number of rotatable bonds is 4. The van der Waals surface area contributed by atoms with Gasteiger partial charge in [0.15, 0.2) is 0 Å². The number of hydrogen-bond acceptors (Lipinski definition) is 3. The SMILES string of the molecule is CN1CCCC1c1ccc(-c2ccc(CN3CSc4ccccc43)cc2)cc1. The average molecular weight is 387 g/mol. The van der Waals surface area contributed by atoms with Crippen LogP contribution >= 0.6 is 11.8 Å². The molecule has 0 spiro atoms. The van der Waals surface area contributed by atoms with Crippen molar-refractivity contribution in [1.29, 1.82) is 0 Å². The van der Waals surface area contributed by atoms with Gasteiger partial charge in [0.2, 0.25) is 0 Å². The molecule has 1 atom stereocenters. The molecule has 2 nitrogen and oxygen atoms in total. The zero-order chi connectivity index (χ0) is 18.9. The first kappa shape index (κ1) is 17.8. The van der Waals surface area contributed by atoms with Gasteiger partial charge in [-0.25, -0.2) is 0 Å². The Morgan fingerprint density at radius 3 is 2.32 bits per heavy atom. The fourth-order valence-corrected chi connectivity index (χ4v) is 5.49. The predicted molar refractivity (Wildman–Crippen MR) is 120 cm³/mol. The first-order valence-corrected chi connectivity index (χ1v) is 11.1. The molecular weight excluding hydrogens is 360 g/mol. The third kappa shape index (κ3) is 3.45. The lowest BCUT2D eigenvalue weighted by atomic mass is 9.99. The normalized spacial score (nSPS) is 19.2. The maximum Gasteiger partial charge on any atom is 0.0690 e. The molecule has 2 heterocycles. The summed E-state index contributed by atoms with van der Waals surface area (Å²) in [5.41, 5.74) is 6.78. The average Bonchev–Trinajstić information content (AvgIpc) is 3.35. The molecule has 1 saturated heterocycles. The van der Waals surface area contributed by atoms with Crippen LogP contribution in [-0.2, 0) is 6.54 Å². The number of hydrogen-bond donors (Lipinski definition) is 0. The lowest BCUT2D eigenvalue weighted by molar-refractivity contribution is 0.317. The second kappa shape index (κ2) is 7.65. The van der Waals surface area contributed by atoms with E-state index in [1.165, 1.54) is 52.2 Å². The Morgan fingerprint density at radius 2 is 1.61 bits per heavy atom. The molecule has 0 N–H and O–H groups in total. The highest BCUT2D eigenvalue weighted by Crippen LogP contribution is 2.39.